The highest BCUT2D eigenvalue weighted by atomic mass is 32.2. The molecule has 0 radical (unpaired) electrons. The Morgan fingerprint density at radius 2 is 2.15 bits per heavy atom. The van der Waals surface area contributed by atoms with Gasteiger partial charge >= 0.3 is 5.97 Å². The minimum absolute atomic E-state index is 0.0472. The third-order valence-corrected chi connectivity index (χ3v) is 5.56. The summed E-state index contributed by atoms with van der Waals surface area (Å²) in [6, 6.07) is 5.98. The molecular formula is C14H13NO3S2. The van der Waals surface area contributed by atoms with Gasteiger partial charge in [0, 0.05) is 10.3 Å². The van der Waals surface area contributed by atoms with E-state index in [2.05, 4.69) is 11.1 Å². The fraction of sp³-hybridized carbons (Fsp3) is 0.286. The van der Waals surface area contributed by atoms with Crippen molar-refractivity contribution in [2.45, 2.75) is 29.9 Å². The SMILES string of the molecule is O=C(O)c1nc(CS(=O)c2ccc3c(c2)CCC3)cs1. The number of thiazole rings is 1. The molecule has 1 aromatic heterocycles. The molecule has 1 atom stereocenters. The Bertz CT molecular complexity index is 693. The second kappa shape index (κ2) is 5.46. The highest BCUT2D eigenvalue weighted by molar-refractivity contribution is 7.84. The molecular weight excluding hydrogens is 294 g/mol. The first-order chi connectivity index (χ1) is 9.63. The van der Waals surface area contributed by atoms with Crippen LogP contribution >= 0.6 is 11.3 Å². The zero-order valence-electron chi connectivity index (χ0n) is 10.7. The van der Waals surface area contributed by atoms with Crippen LogP contribution in [0.25, 0.3) is 0 Å². The largest absolute Gasteiger partial charge is 0.476 e. The van der Waals surface area contributed by atoms with Crippen molar-refractivity contribution >= 4 is 28.1 Å². The van der Waals surface area contributed by atoms with Crippen LogP contribution in [-0.4, -0.2) is 20.3 Å². The van der Waals surface area contributed by atoms with Crippen molar-refractivity contribution in [3.05, 3.63) is 45.4 Å². The van der Waals surface area contributed by atoms with Crippen molar-refractivity contribution in [2.24, 2.45) is 0 Å². The van der Waals surface area contributed by atoms with E-state index in [0.717, 1.165) is 29.1 Å². The molecule has 0 bridgehead atoms. The van der Waals surface area contributed by atoms with Crippen LogP contribution in [0.5, 0.6) is 0 Å². The second-order valence-electron chi connectivity index (χ2n) is 4.72. The summed E-state index contributed by atoms with van der Waals surface area (Å²) in [6.07, 6.45) is 3.33. The van der Waals surface area contributed by atoms with E-state index in [-0.39, 0.29) is 10.8 Å². The fourth-order valence-corrected chi connectivity index (χ4v) is 4.22. The lowest BCUT2D eigenvalue weighted by atomic mass is 10.1. The molecule has 104 valence electrons. The van der Waals surface area contributed by atoms with Gasteiger partial charge < -0.3 is 5.11 Å². The Hall–Kier alpha value is -1.53. The van der Waals surface area contributed by atoms with Crippen LogP contribution in [0.1, 0.15) is 33.0 Å². The van der Waals surface area contributed by atoms with Gasteiger partial charge in [0.2, 0.25) is 5.01 Å². The lowest BCUT2D eigenvalue weighted by Gasteiger charge is -2.04. The van der Waals surface area contributed by atoms with E-state index in [1.165, 1.54) is 17.5 Å². The molecule has 1 unspecified atom stereocenters. The molecule has 1 heterocycles. The number of aromatic carboxylic acids is 1. The third-order valence-electron chi connectivity index (χ3n) is 3.35. The van der Waals surface area contributed by atoms with Gasteiger partial charge in [0.25, 0.3) is 0 Å². The van der Waals surface area contributed by atoms with Crippen LogP contribution in [0.15, 0.2) is 28.5 Å². The lowest BCUT2D eigenvalue weighted by molar-refractivity contribution is 0.0696. The van der Waals surface area contributed by atoms with Crippen molar-refractivity contribution in [1.82, 2.24) is 4.98 Å². The van der Waals surface area contributed by atoms with Crippen molar-refractivity contribution in [3.8, 4) is 0 Å². The van der Waals surface area contributed by atoms with Gasteiger partial charge in [-0.3, -0.25) is 4.21 Å². The summed E-state index contributed by atoms with van der Waals surface area (Å²) >= 11 is 1.07. The predicted octanol–water partition coefficient (Wildman–Crippen LogP) is 2.64. The summed E-state index contributed by atoms with van der Waals surface area (Å²) in [6.45, 7) is 0. The normalized spacial score (nSPS) is 15.0. The van der Waals surface area contributed by atoms with Gasteiger partial charge in [-0.25, -0.2) is 9.78 Å². The molecule has 2 aromatic rings. The molecule has 0 fully saturated rings. The van der Waals surface area contributed by atoms with Gasteiger partial charge in [-0.15, -0.1) is 11.3 Å². The maximum Gasteiger partial charge on any atom is 0.365 e. The van der Waals surface area contributed by atoms with Gasteiger partial charge in [-0.05, 0) is 42.5 Å². The highest BCUT2D eigenvalue weighted by Crippen LogP contribution is 2.25. The number of fused-ring (bicyclic) bond motifs is 1. The zero-order valence-corrected chi connectivity index (χ0v) is 12.3. The minimum Gasteiger partial charge on any atom is -0.476 e. The maximum atomic E-state index is 12.3. The van der Waals surface area contributed by atoms with E-state index in [4.69, 9.17) is 5.11 Å². The van der Waals surface area contributed by atoms with Crippen LogP contribution in [0.4, 0.5) is 0 Å². The summed E-state index contributed by atoms with van der Waals surface area (Å²) < 4.78 is 12.3. The van der Waals surface area contributed by atoms with Crippen molar-refractivity contribution < 1.29 is 14.1 Å². The molecule has 0 saturated carbocycles. The number of nitrogens with zero attached hydrogens (tertiary/aromatic N) is 1. The number of rotatable bonds is 4. The fourth-order valence-electron chi connectivity index (χ4n) is 2.38. The van der Waals surface area contributed by atoms with Gasteiger partial charge in [-0.1, -0.05) is 6.07 Å². The second-order valence-corrected chi connectivity index (χ2v) is 7.03. The van der Waals surface area contributed by atoms with Gasteiger partial charge in [-0.2, -0.15) is 0 Å². The Balaban J connectivity index is 1.77. The average molecular weight is 307 g/mol. The lowest BCUT2D eigenvalue weighted by Crippen LogP contribution is -2.00. The van der Waals surface area contributed by atoms with Gasteiger partial charge in [0.15, 0.2) is 0 Å². The Kier molecular flexibility index (Phi) is 3.67. The number of hydrogen-bond acceptors (Lipinski definition) is 4. The van der Waals surface area contributed by atoms with E-state index >= 15 is 0 Å². The molecule has 20 heavy (non-hydrogen) atoms. The number of aryl methyl sites for hydroxylation is 2. The molecule has 0 amide bonds. The average Bonchev–Trinajstić information content (AvgIpc) is 3.05. The summed E-state index contributed by atoms with van der Waals surface area (Å²) in [5.41, 5.74) is 3.22. The summed E-state index contributed by atoms with van der Waals surface area (Å²) in [4.78, 5) is 15.5. The molecule has 4 nitrogen and oxygen atoms in total. The van der Waals surface area contributed by atoms with E-state index < -0.39 is 16.8 Å². The number of aromatic nitrogens is 1. The monoisotopic (exact) mass is 307 g/mol. The molecule has 0 saturated heterocycles. The van der Waals surface area contributed by atoms with Crippen molar-refractivity contribution in [2.75, 3.05) is 0 Å². The zero-order chi connectivity index (χ0) is 14.1. The van der Waals surface area contributed by atoms with Gasteiger partial charge in [0.1, 0.15) is 0 Å². The van der Waals surface area contributed by atoms with Crippen LogP contribution < -0.4 is 0 Å². The molecule has 0 spiro atoms. The van der Waals surface area contributed by atoms with E-state index in [1.807, 2.05) is 12.1 Å². The summed E-state index contributed by atoms with van der Waals surface area (Å²) in [5.74, 6) is -0.771. The number of carbonyl (C=O) groups is 1. The number of carboxylic acid groups (broad SMARTS) is 1. The predicted molar refractivity (Wildman–Crippen MR) is 77.7 cm³/mol. The first-order valence-corrected chi connectivity index (χ1v) is 8.51. The first-order valence-electron chi connectivity index (χ1n) is 6.31. The van der Waals surface area contributed by atoms with Crippen LogP contribution in [-0.2, 0) is 29.4 Å². The van der Waals surface area contributed by atoms with Crippen molar-refractivity contribution in [3.63, 3.8) is 0 Å². The molecule has 1 aliphatic carbocycles. The third kappa shape index (κ3) is 2.66. The van der Waals surface area contributed by atoms with Gasteiger partial charge in [0.05, 0.1) is 22.2 Å². The quantitative estimate of drug-likeness (QED) is 0.943. The van der Waals surface area contributed by atoms with Crippen molar-refractivity contribution in [1.29, 1.82) is 0 Å². The van der Waals surface area contributed by atoms with Crippen LogP contribution in [0.3, 0.4) is 0 Å². The molecule has 0 aliphatic heterocycles. The molecule has 1 N–H and O–H groups in total. The highest BCUT2D eigenvalue weighted by Gasteiger charge is 2.15. The maximum absolute atomic E-state index is 12.3. The van der Waals surface area contributed by atoms with E-state index in [0.29, 0.717) is 5.69 Å². The summed E-state index contributed by atoms with van der Waals surface area (Å²) in [7, 11) is -1.18. The molecule has 1 aliphatic rings. The minimum atomic E-state index is -1.18. The standard InChI is InChI=1S/C14H13NO3S2/c16-14(17)13-15-11(7-19-13)8-20(18)12-5-4-9-2-1-3-10(9)6-12/h4-7H,1-3,8H2,(H,16,17). The number of hydrogen-bond donors (Lipinski definition) is 1. The Labute approximate surface area is 122 Å². The summed E-state index contributed by atoms with van der Waals surface area (Å²) in [5, 5.41) is 10.5. The number of benzene rings is 1. The first kappa shape index (κ1) is 13.5. The molecule has 6 heteroatoms. The Morgan fingerprint density at radius 3 is 2.90 bits per heavy atom. The Morgan fingerprint density at radius 1 is 1.35 bits per heavy atom. The van der Waals surface area contributed by atoms with Crippen LogP contribution in [0.2, 0.25) is 0 Å². The van der Waals surface area contributed by atoms with E-state index in [1.54, 1.807) is 5.38 Å². The smallest absolute Gasteiger partial charge is 0.365 e. The molecule has 1 aromatic carbocycles. The molecule has 3 rings (SSSR count). The number of carboxylic acids is 1. The van der Waals surface area contributed by atoms with Crippen LogP contribution in [0, 0.1) is 0 Å². The topological polar surface area (TPSA) is 67.3 Å². The van der Waals surface area contributed by atoms with E-state index in [9.17, 15) is 9.00 Å².